The number of pyridine rings is 1. The molecule has 0 atom stereocenters. The molecular weight excluding hydrogens is 427 g/mol. The highest BCUT2D eigenvalue weighted by atomic mass is 35.5. The zero-order valence-electron chi connectivity index (χ0n) is 14.5. The summed E-state index contributed by atoms with van der Waals surface area (Å²) < 4.78 is 38.2. The highest BCUT2D eigenvalue weighted by Gasteiger charge is 2.22. The average molecular weight is 441 g/mol. The Labute approximate surface area is 171 Å². The molecule has 0 bridgehead atoms. The van der Waals surface area contributed by atoms with Crippen molar-refractivity contribution in [2.75, 3.05) is 11.8 Å². The quantitative estimate of drug-likeness (QED) is 0.598. The molecule has 3 rings (SSSR count). The van der Waals surface area contributed by atoms with Crippen molar-refractivity contribution in [1.82, 2.24) is 15.0 Å². The number of rotatable bonds is 7. The van der Waals surface area contributed by atoms with Gasteiger partial charge in [0.1, 0.15) is 11.5 Å². The first kappa shape index (κ1) is 20.1. The first-order chi connectivity index (χ1) is 13.4. The Morgan fingerprint density at radius 1 is 1.07 bits per heavy atom. The largest absolute Gasteiger partial charge is 0.481 e. The molecule has 3 aromatic rings. The molecule has 0 fully saturated rings. The maximum Gasteiger partial charge on any atom is 0.264 e. The monoisotopic (exact) mass is 440 g/mol. The lowest BCUT2D eigenvalue weighted by Crippen LogP contribution is -2.16. The van der Waals surface area contributed by atoms with Crippen molar-refractivity contribution in [2.45, 2.75) is 11.5 Å². The van der Waals surface area contributed by atoms with E-state index in [1.54, 1.807) is 18.3 Å². The summed E-state index contributed by atoms with van der Waals surface area (Å²) in [5.41, 5.74) is 0.734. The highest BCUT2D eigenvalue weighted by molar-refractivity contribution is 7.92. The fourth-order valence-electron chi connectivity index (χ4n) is 2.14. The van der Waals surface area contributed by atoms with E-state index in [1.807, 2.05) is 0 Å². The summed E-state index contributed by atoms with van der Waals surface area (Å²) in [5.74, 6) is 0.384. The number of sulfonamides is 1. The topological polar surface area (TPSA) is 103 Å². The molecule has 0 saturated carbocycles. The van der Waals surface area contributed by atoms with Gasteiger partial charge in [0.25, 0.3) is 15.9 Å². The molecule has 1 aromatic carbocycles. The van der Waals surface area contributed by atoms with Gasteiger partial charge in [0, 0.05) is 30.2 Å². The average Bonchev–Trinajstić information content (AvgIpc) is 2.69. The minimum atomic E-state index is -4.06. The molecule has 0 aliphatic heterocycles. The van der Waals surface area contributed by atoms with E-state index in [9.17, 15) is 8.42 Å². The van der Waals surface area contributed by atoms with Crippen molar-refractivity contribution in [2.24, 2.45) is 0 Å². The van der Waals surface area contributed by atoms with Crippen LogP contribution in [0, 0.1) is 0 Å². The van der Waals surface area contributed by atoms with Crippen LogP contribution in [0.5, 0.6) is 11.8 Å². The number of ether oxygens (including phenoxy) is 2. The second-order valence-corrected chi connectivity index (χ2v) is 7.80. The van der Waals surface area contributed by atoms with Crippen LogP contribution in [-0.2, 0) is 16.6 Å². The molecule has 28 heavy (non-hydrogen) atoms. The van der Waals surface area contributed by atoms with Crippen LogP contribution in [0.1, 0.15) is 5.56 Å². The molecule has 11 heteroatoms. The van der Waals surface area contributed by atoms with Crippen molar-refractivity contribution in [1.29, 1.82) is 0 Å². The molecule has 146 valence electrons. The molecule has 0 aliphatic rings. The molecule has 0 unspecified atom stereocenters. The summed E-state index contributed by atoms with van der Waals surface area (Å²) >= 11 is 11.9. The fraction of sp³-hybridized carbons (Fsp3) is 0.118. The first-order valence-corrected chi connectivity index (χ1v) is 10.0. The number of hydrogen-bond acceptors (Lipinski definition) is 7. The minimum Gasteiger partial charge on any atom is -0.481 e. The summed E-state index contributed by atoms with van der Waals surface area (Å²) in [6, 6.07) is 7.74. The summed E-state index contributed by atoms with van der Waals surface area (Å²) in [7, 11) is -2.54. The maximum atomic E-state index is 12.7. The van der Waals surface area contributed by atoms with Gasteiger partial charge in [0.2, 0.25) is 11.7 Å². The zero-order chi connectivity index (χ0) is 20.1. The van der Waals surface area contributed by atoms with E-state index in [0.717, 1.165) is 5.56 Å². The molecule has 0 radical (unpaired) electrons. The van der Waals surface area contributed by atoms with Gasteiger partial charge in [0.05, 0.1) is 17.2 Å². The van der Waals surface area contributed by atoms with Gasteiger partial charge in [-0.25, -0.2) is 23.4 Å². The maximum absolute atomic E-state index is 12.7. The van der Waals surface area contributed by atoms with E-state index in [-0.39, 0.29) is 33.2 Å². The standard InChI is InChI=1S/C17H14Cl2N4O4S/c1-26-14-6-5-11(9-22-14)10-27-17-16(20-7-8-21-17)23-28(24,25)13-4-2-3-12(18)15(13)19/h2-9H,10H2,1H3,(H,20,23). The number of methoxy groups -OCH3 is 1. The summed E-state index contributed by atoms with van der Waals surface area (Å²) in [6.45, 7) is 0.0995. The SMILES string of the molecule is COc1ccc(COc2nccnc2NS(=O)(=O)c2cccc(Cl)c2Cl)cn1. The van der Waals surface area contributed by atoms with E-state index < -0.39 is 10.0 Å². The number of nitrogens with zero attached hydrogens (tertiary/aromatic N) is 3. The third kappa shape index (κ3) is 4.61. The summed E-state index contributed by atoms with van der Waals surface area (Å²) in [5, 5.41) is 0.0273. The predicted octanol–water partition coefficient (Wildman–Crippen LogP) is 3.57. The normalized spacial score (nSPS) is 11.1. The Kier molecular flexibility index (Phi) is 6.18. The Morgan fingerprint density at radius 2 is 1.86 bits per heavy atom. The van der Waals surface area contributed by atoms with Gasteiger partial charge >= 0.3 is 0 Å². The highest BCUT2D eigenvalue weighted by Crippen LogP contribution is 2.31. The van der Waals surface area contributed by atoms with Crippen LogP contribution in [0.3, 0.4) is 0 Å². The lowest BCUT2D eigenvalue weighted by molar-refractivity contribution is 0.293. The zero-order valence-corrected chi connectivity index (χ0v) is 16.8. The van der Waals surface area contributed by atoms with E-state index in [0.29, 0.717) is 5.88 Å². The molecular formula is C17H14Cl2N4O4S. The van der Waals surface area contributed by atoms with E-state index in [4.69, 9.17) is 32.7 Å². The Morgan fingerprint density at radius 3 is 2.57 bits per heavy atom. The first-order valence-electron chi connectivity index (χ1n) is 7.80. The Balaban J connectivity index is 1.80. The van der Waals surface area contributed by atoms with Crippen molar-refractivity contribution in [3.63, 3.8) is 0 Å². The number of hydrogen-bond donors (Lipinski definition) is 1. The molecule has 2 heterocycles. The Hall–Kier alpha value is -2.62. The molecule has 8 nitrogen and oxygen atoms in total. The smallest absolute Gasteiger partial charge is 0.264 e. The second-order valence-electron chi connectivity index (χ2n) is 5.37. The van der Waals surface area contributed by atoms with Crippen LogP contribution in [0.2, 0.25) is 10.0 Å². The third-order valence-electron chi connectivity index (χ3n) is 3.48. The number of aromatic nitrogens is 3. The van der Waals surface area contributed by atoms with E-state index in [2.05, 4.69) is 19.7 Å². The third-order valence-corrected chi connectivity index (χ3v) is 5.80. The molecule has 2 aromatic heterocycles. The van der Waals surface area contributed by atoms with Crippen LogP contribution >= 0.6 is 23.2 Å². The number of benzene rings is 1. The van der Waals surface area contributed by atoms with Gasteiger partial charge in [0.15, 0.2) is 0 Å². The fourth-order valence-corrected chi connectivity index (χ4v) is 3.91. The minimum absolute atomic E-state index is 0.0000403. The number of anilines is 1. The lowest BCUT2D eigenvalue weighted by Gasteiger charge is -2.12. The van der Waals surface area contributed by atoms with Crippen molar-refractivity contribution in [3.05, 3.63) is 64.5 Å². The van der Waals surface area contributed by atoms with Crippen LogP contribution in [-0.4, -0.2) is 30.5 Å². The number of nitrogens with one attached hydrogen (secondary N) is 1. The van der Waals surface area contributed by atoms with E-state index >= 15 is 0 Å². The second kappa shape index (κ2) is 8.59. The molecule has 0 aliphatic carbocycles. The van der Waals surface area contributed by atoms with Crippen LogP contribution < -0.4 is 14.2 Å². The van der Waals surface area contributed by atoms with Gasteiger partial charge < -0.3 is 9.47 Å². The van der Waals surface area contributed by atoms with Crippen LogP contribution in [0.4, 0.5) is 5.82 Å². The predicted molar refractivity (Wildman–Crippen MR) is 104 cm³/mol. The molecule has 0 saturated heterocycles. The summed E-state index contributed by atoms with van der Waals surface area (Å²) in [6.07, 6.45) is 4.29. The van der Waals surface area contributed by atoms with Crippen molar-refractivity contribution < 1.29 is 17.9 Å². The summed E-state index contributed by atoms with van der Waals surface area (Å²) in [4.78, 5) is 11.9. The van der Waals surface area contributed by atoms with Crippen LogP contribution in [0.15, 0.2) is 53.8 Å². The Bertz CT molecular complexity index is 1080. The molecule has 0 spiro atoms. The lowest BCUT2D eigenvalue weighted by atomic mass is 10.3. The van der Waals surface area contributed by atoms with Gasteiger partial charge in [-0.3, -0.25) is 4.72 Å². The molecule has 1 N–H and O–H groups in total. The van der Waals surface area contributed by atoms with Crippen molar-refractivity contribution >= 4 is 39.0 Å². The van der Waals surface area contributed by atoms with Gasteiger partial charge in [-0.05, 0) is 18.2 Å². The van der Waals surface area contributed by atoms with Crippen LogP contribution in [0.25, 0.3) is 0 Å². The van der Waals surface area contributed by atoms with Gasteiger partial charge in [-0.15, -0.1) is 0 Å². The van der Waals surface area contributed by atoms with E-state index in [1.165, 1.54) is 37.7 Å². The van der Waals surface area contributed by atoms with Gasteiger partial charge in [-0.2, -0.15) is 0 Å². The van der Waals surface area contributed by atoms with Crippen molar-refractivity contribution in [3.8, 4) is 11.8 Å². The number of halogens is 2. The molecule has 0 amide bonds. The van der Waals surface area contributed by atoms with Gasteiger partial charge in [-0.1, -0.05) is 29.3 Å².